The molecule has 1 unspecified atom stereocenters. The summed E-state index contributed by atoms with van der Waals surface area (Å²) >= 11 is 0. The van der Waals surface area contributed by atoms with Gasteiger partial charge in [0, 0.05) is 32.4 Å². The van der Waals surface area contributed by atoms with Crippen molar-refractivity contribution < 1.29 is 13.9 Å². The highest BCUT2D eigenvalue weighted by Gasteiger charge is 2.26. The second-order valence-corrected chi connectivity index (χ2v) is 6.59. The molecule has 0 saturated carbocycles. The van der Waals surface area contributed by atoms with Crippen LogP contribution >= 0.6 is 0 Å². The molecule has 1 aliphatic heterocycles. The van der Waals surface area contributed by atoms with Crippen molar-refractivity contribution in [3.8, 4) is 0 Å². The largest absolute Gasteiger partial charge is 0.425 e. The third-order valence-corrected chi connectivity index (χ3v) is 4.30. The van der Waals surface area contributed by atoms with Gasteiger partial charge < -0.3 is 19.4 Å². The van der Waals surface area contributed by atoms with Gasteiger partial charge in [0.15, 0.2) is 0 Å². The zero-order valence-corrected chi connectivity index (χ0v) is 15.4. The molecular weight excluding hydrogens is 334 g/mol. The lowest BCUT2D eigenvalue weighted by Crippen LogP contribution is -2.42. The van der Waals surface area contributed by atoms with Crippen molar-refractivity contribution in [2.75, 3.05) is 32.1 Å². The summed E-state index contributed by atoms with van der Waals surface area (Å²) in [6, 6.07) is 5.75. The summed E-state index contributed by atoms with van der Waals surface area (Å²) in [5.41, 5.74) is 0.827. The molecule has 1 atom stereocenters. The van der Waals surface area contributed by atoms with Gasteiger partial charge in [0.05, 0.1) is 18.8 Å². The predicted molar refractivity (Wildman–Crippen MR) is 95.8 cm³/mol. The van der Waals surface area contributed by atoms with Crippen molar-refractivity contribution in [1.29, 1.82) is 0 Å². The number of nitrogens with zero attached hydrogens (tertiary/aromatic N) is 4. The van der Waals surface area contributed by atoms with E-state index in [1.165, 1.54) is 0 Å². The Labute approximate surface area is 153 Å². The fourth-order valence-electron chi connectivity index (χ4n) is 2.80. The highest BCUT2D eigenvalue weighted by atomic mass is 16.5. The monoisotopic (exact) mass is 359 g/mol. The minimum Gasteiger partial charge on any atom is -0.425 e. The molecule has 1 saturated heterocycles. The number of aryl methyl sites for hydroxylation is 1. The van der Waals surface area contributed by atoms with E-state index < -0.39 is 0 Å². The molecule has 3 heterocycles. The average molecular weight is 359 g/mol. The highest BCUT2D eigenvalue weighted by Crippen LogP contribution is 2.22. The third-order valence-electron chi connectivity index (χ3n) is 4.30. The number of amides is 1. The molecule has 0 radical (unpaired) electrons. The van der Waals surface area contributed by atoms with Gasteiger partial charge >= 0.3 is 0 Å². The molecule has 1 fully saturated rings. The fourth-order valence-corrected chi connectivity index (χ4v) is 2.80. The summed E-state index contributed by atoms with van der Waals surface area (Å²) < 4.78 is 11.4. The number of ether oxygens (including phenoxy) is 1. The van der Waals surface area contributed by atoms with Gasteiger partial charge in [0.25, 0.3) is 0 Å². The van der Waals surface area contributed by atoms with E-state index in [9.17, 15) is 4.79 Å². The van der Waals surface area contributed by atoms with Gasteiger partial charge in [-0.05, 0) is 12.1 Å². The molecule has 3 rings (SSSR count). The molecule has 0 spiro atoms. The standard InChI is InChI=1S/C18H25N5O3/c1-12(2)18-22-21-16(26-18)7-8-17(24)23-9-10-25-14(11-23)13-5-4-6-15(19-3)20-13/h4-6,12,14H,7-11H2,1-3H3,(H,19,20). The number of nitrogens with one attached hydrogen (secondary N) is 1. The summed E-state index contributed by atoms with van der Waals surface area (Å²) in [5, 5.41) is 11.0. The molecule has 1 N–H and O–H groups in total. The number of pyridine rings is 1. The van der Waals surface area contributed by atoms with Crippen molar-refractivity contribution >= 4 is 11.7 Å². The molecule has 2 aromatic rings. The minimum atomic E-state index is -0.211. The average Bonchev–Trinajstić information content (AvgIpc) is 3.15. The summed E-state index contributed by atoms with van der Waals surface area (Å²) in [4.78, 5) is 18.9. The first kappa shape index (κ1) is 18.3. The second-order valence-electron chi connectivity index (χ2n) is 6.59. The van der Waals surface area contributed by atoms with Crippen molar-refractivity contribution in [2.24, 2.45) is 0 Å². The zero-order valence-electron chi connectivity index (χ0n) is 15.4. The zero-order chi connectivity index (χ0) is 18.5. The first-order chi connectivity index (χ1) is 12.6. The Morgan fingerprint density at radius 1 is 1.38 bits per heavy atom. The molecule has 1 aliphatic rings. The van der Waals surface area contributed by atoms with E-state index in [-0.39, 0.29) is 17.9 Å². The smallest absolute Gasteiger partial charge is 0.223 e. The van der Waals surface area contributed by atoms with Gasteiger partial charge in [-0.3, -0.25) is 4.79 Å². The van der Waals surface area contributed by atoms with Crippen LogP contribution in [0.25, 0.3) is 0 Å². The first-order valence-corrected chi connectivity index (χ1v) is 8.93. The predicted octanol–water partition coefficient (Wildman–Crippen LogP) is 2.16. The molecule has 8 heteroatoms. The van der Waals surface area contributed by atoms with Crippen LogP contribution in [-0.4, -0.2) is 52.7 Å². The number of rotatable bonds is 6. The normalized spacial score (nSPS) is 17.5. The van der Waals surface area contributed by atoms with E-state index in [2.05, 4.69) is 20.5 Å². The summed E-state index contributed by atoms with van der Waals surface area (Å²) in [5.74, 6) is 2.15. The van der Waals surface area contributed by atoms with Crippen LogP contribution in [0.5, 0.6) is 0 Å². The Hall–Kier alpha value is -2.48. The van der Waals surface area contributed by atoms with E-state index in [0.717, 1.165) is 11.5 Å². The van der Waals surface area contributed by atoms with Gasteiger partial charge in [0.2, 0.25) is 17.7 Å². The molecule has 140 valence electrons. The quantitative estimate of drug-likeness (QED) is 0.845. The Balaban J connectivity index is 1.57. The Morgan fingerprint density at radius 2 is 2.23 bits per heavy atom. The number of anilines is 1. The maximum absolute atomic E-state index is 12.6. The summed E-state index contributed by atoms with van der Waals surface area (Å²) in [6.07, 6.45) is 0.585. The van der Waals surface area contributed by atoms with Crippen LogP contribution in [0.2, 0.25) is 0 Å². The van der Waals surface area contributed by atoms with E-state index in [0.29, 0.717) is 44.3 Å². The van der Waals surface area contributed by atoms with Gasteiger partial charge in [-0.2, -0.15) is 0 Å². The molecule has 0 bridgehead atoms. The van der Waals surface area contributed by atoms with Crippen LogP contribution in [0.4, 0.5) is 5.82 Å². The number of carbonyl (C=O) groups is 1. The van der Waals surface area contributed by atoms with Gasteiger partial charge in [-0.15, -0.1) is 10.2 Å². The second kappa shape index (κ2) is 8.27. The third kappa shape index (κ3) is 4.37. The Morgan fingerprint density at radius 3 is 2.96 bits per heavy atom. The maximum atomic E-state index is 12.6. The Kier molecular flexibility index (Phi) is 5.82. The number of morpholine rings is 1. The van der Waals surface area contributed by atoms with Crippen LogP contribution in [0, 0.1) is 0 Å². The fraction of sp³-hybridized carbons (Fsp3) is 0.556. The first-order valence-electron chi connectivity index (χ1n) is 8.93. The van der Waals surface area contributed by atoms with Gasteiger partial charge in [-0.25, -0.2) is 4.98 Å². The molecular formula is C18H25N5O3. The molecule has 0 aliphatic carbocycles. The lowest BCUT2D eigenvalue weighted by molar-refractivity contribution is -0.139. The summed E-state index contributed by atoms with van der Waals surface area (Å²) in [7, 11) is 1.83. The van der Waals surface area contributed by atoms with E-state index in [1.54, 1.807) is 0 Å². The summed E-state index contributed by atoms with van der Waals surface area (Å²) in [6.45, 7) is 5.57. The van der Waals surface area contributed by atoms with E-state index >= 15 is 0 Å². The Bertz CT molecular complexity index is 746. The van der Waals surface area contributed by atoms with E-state index in [4.69, 9.17) is 9.15 Å². The van der Waals surface area contributed by atoms with Crippen LogP contribution in [0.15, 0.2) is 22.6 Å². The maximum Gasteiger partial charge on any atom is 0.223 e. The van der Waals surface area contributed by atoms with Crippen LogP contribution in [0.3, 0.4) is 0 Å². The lowest BCUT2D eigenvalue weighted by atomic mass is 10.1. The SMILES string of the molecule is CNc1cccc(C2CN(C(=O)CCc3nnc(C(C)C)o3)CCO2)n1. The van der Waals surface area contributed by atoms with Crippen molar-refractivity contribution in [1.82, 2.24) is 20.1 Å². The van der Waals surface area contributed by atoms with Crippen molar-refractivity contribution in [3.05, 3.63) is 35.7 Å². The number of aromatic nitrogens is 3. The van der Waals surface area contributed by atoms with Crippen LogP contribution in [-0.2, 0) is 16.0 Å². The number of hydrogen-bond donors (Lipinski definition) is 1. The molecule has 2 aromatic heterocycles. The number of hydrogen-bond acceptors (Lipinski definition) is 7. The van der Waals surface area contributed by atoms with Crippen molar-refractivity contribution in [2.45, 2.75) is 38.7 Å². The van der Waals surface area contributed by atoms with Crippen LogP contribution in [0.1, 0.15) is 49.8 Å². The van der Waals surface area contributed by atoms with E-state index in [1.807, 2.05) is 44.0 Å². The minimum absolute atomic E-state index is 0.0624. The van der Waals surface area contributed by atoms with Gasteiger partial charge in [0.1, 0.15) is 11.9 Å². The van der Waals surface area contributed by atoms with Crippen molar-refractivity contribution in [3.63, 3.8) is 0 Å². The molecule has 0 aromatic carbocycles. The highest BCUT2D eigenvalue weighted by molar-refractivity contribution is 5.76. The molecule has 26 heavy (non-hydrogen) atoms. The van der Waals surface area contributed by atoms with Gasteiger partial charge in [-0.1, -0.05) is 19.9 Å². The topological polar surface area (TPSA) is 93.4 Å². The molecule has 8 nitrogen and oxygen atoms in total. The van der Waals surface area contributed by atoms with Crippen LogP contribution < -0.4 is 5.32 Å². The number of carbonyl (C=O) groups excluding carboxylic acids is 1. The lowest BCUT2D eigenvalue weighted by Gasteiger charge is -2.32. The molecule has 1 amide bonds.